The molecule has 0 aromatic carbocycles. The maximum absolute atomic E-state index is 10.1. The van der Waals surface area contributed by atoms with Crippen molar-refractivity contribution < 1.29 is 14.1 Å². The molecule has 1 fully saturated rings. The molecule has 0 bridgehead atoms. The van der Waals surface area contributed by atoms with Gasteiger partial charge in [0.1, 0.15) is 16.8 Å². The van der Waals surface area contributed by atoms with Crippen molar-refractivity contribution >= 4 is 5.88 Å². The van der Waals surface area contributed by atoms with E-state index in [0.717, 1.165) is 0 Å². The van der Waals surface area contributed by atoms with Gasteiger partial charge in [-0.25, -0.2) is 0 Å². The summed E-state index contributed by atoms with van der Waals surface area (Å²) in [6.45, 7) is 0.602. The Kier molecular flexibility index (Phi) is 1.19. The first-order chi connectivity index (χ1) is 5.27. The van der Waals surface area contributed by atoms with Crippen molar-refractivity contribution in [2.45, 2.75) is 6.10 Å². The van der Waals surface area contributed by atoms with Crippen LogP contribution in [0.1, 0.15) is 11.9 Å². The van der Waals surface area contributed by atoms with Gasteiger partial charge in [-0.2, -0.15) is 0 Å². The summed E-state index contributed by atoms with van der Waals surface area (Å²) in [6, 6.07) is 2.90. The number of nitro groups is 1. The molecule has 11 heavy (non-hydrogen) atoms. The smallest absolute Gasteiger partial charge is 0.403 e. The van der Waals surface area contributed by atoms with Crippen molar-refractivity contribution in [2.24, 2.45) is 0 Å². The zero-order valence-corrected chi connectivity index (χ0v) is 5.52. The third-order valence-electron chi connectivity index (χ3n) is 1.44. The molecule has 0 aliphatic carbocycles. The largest absolute Gasteiger partial charge is 0.433 e. The van der Waals surface area contributed by atoms with E-state index < -0.39 is 4.92 Å². The van der Waals surface area contributed by atoms with E-state index in [0.29, 0.717) is 12.4 Å². The molecule has 1 saturated heterocycles. The molecule has 0 N–H and O–H groups in total. The van der Waals surface area contributed by atoms with Crippen LogP contribution in [0.3, 0.4) is 0 Å². The molecular weight excluding hydrogens is 150 g/mol. The second-order valence-corrected chi connectivity index (χ2v) is 2.26. The summed E-state index contributed by atoms with van der Waals surface area (Å²) in [6.07, 6.45) is -0.0521. The second kappa shape index (κ2) is 2.06. The maximum Gasteiger partial charge on any atom is 0.433 e. The fourth-order valence-electron chi connectivity index (χ4n) is 0.826. The van der Waals surface area contributed by atoms with Crippen LogP contribution in [0.5, 0.6) is 0 Å². The van der Waals surface area contributed by atoms with Gasteiger partial charge >= 0.3 is 5.88 Å². The number of rotatable bonds is 2. The highest BCUT2D eigenvalue weighted by molar-refractivity contribution is 5.20. The molecular formula is C6H5NO4. The van der Waals surface area contributed by atoms with Crippen molar-refractivity contribution in [1.29, 1.82) is 0 Å². The number of ether oxygens (including phenoxy) is 1. The van der Waals surface area contributed by atoms with Crippen LogP contribution >= 0.6 is 0 Å². The van der Waals surface area contributed by atoms with E-state index in [4.69, 9.17) is 9.15 Å². The predicted molar refractivity (Wildman–Crippen MR) is 34.1 cm³/mol. The molecule has 1 atom stereocenters. The van der Waals surface area contributed by atoms with E-state index in [9.17, 15) is 10.1 Å². The minimum atomic E-state index is -0.564. The van der Waals surface area contributed by atoms with Crippen molar-refractivity contribution in [1.82, 2.24) is 0 Å². The van der Waals surface area contributed by atoms with Crippen LogP contribution in [0.25, 0.3) is 0 Å². The van der Waals surface area contributed by atoms with Gasteiger partial charge < -0.3 is 9.15 Å². The van der Waals surface area contributed by atoms with Crippen LogP contribution in [-0.4, -0.2) is 11.5 Å². The van der Waals surface area contributed by atoms with Gasteiger partial charge in [0.25, 0.3) is 0 Å². The summed E-state index contributed by atoms with van der Waals surface area (Å²) < 4.78 is 9.72. The molecule has 1 aliphatic rings. The lowest BCUT2D eigenvalue weighted by Crippen LogP contribution is -1.82. The summed E-state index contributed by atoms with van der Waals surface area (Å²) in [7, 11) is 0. The maximum atomic E-state index is 10.1. The Labute approximate surface area is 61.7 Å². The topological polar surface area (TPSA) is 68.8 Å². The standard InChI is InChI=1S/C6H5NO4/c8-7(9)6-2-1-4(11-6)5-3-10-5/h1-2,5H,3H2. The fourth-order valence-corrected chi connectivity index (χ4v) is 0.826. The van der Waals surface area contributed by atoms with Crippen LogP contribution in [0.2, 0.25) is 0 Å². The number of epoxide rings is 1. The first-order valence-corrected chi connectivity index (χ1v) is 3.13. The molecule has 1 aromatic heterocycles. The van der Waals surface area contributed by atoms with Gasteiger partial charge in [0.2, 0.25) is 0 Å². The summed E-state index contributed by atoms with van der Waals surface area (Å²) in [5, 5.41) is 10.1. The molecule has 0 saturated carbocycles. The van der Waals surface area contributed by atoms with E-state index in [1.54, 1.807) is 6.07 Å². The van der Waals surface area contributed by atoms with Crippen molar-refractivity contribution in [3.63, 3.8) is 0 Å². The van der Waals surface area contributed by atoms with Crippen LogP contribution in [0, 0.1) is 10.1 Å². The van der Waals surface area contributed by atoms with E-state index in [1.165, 1.54) is 6.07 Å². The number of nitrogens with zero attached hydrogens (tertiary/aromatic N) is 1. The minimum absolute atomic E-state index is 0.0521. The lowest BCUT2D eigenvalue weighted by atomic mass is 10.4. The molecule has 0 amide bonds. The molecule has 1 aliphatic heterocycles. The van der Waals surface area contributed by atoms with Gasteiger partial charge in [0.05, 0.1) is 12.7 Å². The van der Waals surface area contributed by atoms with Gasteiger partial charge in [-0.05, 0) is 6.07 Å². The summed E-state index contributed by atoms with van der Waals surface area (Å²) in [4.78, 5) is 9.56. The SMILES string of the molecule is O=[N+]([O-])c1ccc(C2CO2)o1. The Hall–Kier alpha value is -1.36. The first-order valence-electron chi connectivity index (χ1n) is 3.13. The van der Waals surface area contributed by atoms with Crippen LogP contribution in [-0.2, 0) is 4.74 Å². The normalized spacial score (nSPS) is 21.6. The molecule has 0 spiro atoms. The zero-order valence-electron chi connectivity index (χ0n) is 5.52. The van der Waals surface area contributed by atoms with Gasteiger partial charge in [0, 0.05) is 0 Å². The third-order valence-corrected chi connectivity index (χ3v) is 1.44. The average molecular weight is 155 g/mol. The molecule has 2 rings (SSSR count). The van der Waals surface area contributed by atoms with Gasteiger partial charge in [0.15, 0.2) is 0 Å². The molecule has 5 heteroatoms. The summed E-state index contributed by atoms with van der Waals surface area (Å²) in [5.41, 5.74) is 0. The zero-order chi connectivity index (χ0) is 7.84. The van der Waals surface area contributed by atoms with Crippen LogP contribution < -0.4 is 0 Å². The lowest BCUT2D eigenvalue weighted by Gasteiger charge is -1.83. The van der Waals surface area contributed by atoms with Crippen molar-refractivity contribution in [3.8, 4) is 0 Å². The molecule has 2 heterocycles. The van der Waals surface area contributed by atoms with E-state index in [1.807, 2.05) is 0 Å². The predicted octanol–water partition coefficient (Wildman–Crippen LogP) is 1.26. The van der Waals surface area contributed by atoms with Crippen molar-refractivity contribution in [3.05, 3.63) is 28.0 Å². The Bertz CT molecular complexity index is 289. The average Bonchev–Trinajstić information content (AvgIpc) is 2.68. The fraction of sp³-hybridized carbons (Fsp3) is 0.333. The number of furan rings is 1. The molecule has 1 unspecified atom stereocenters. The minimum Gasteiger partial charge on any atom is -0.403 e. The first kappa shape index (κ1) is 6.36. The van der Waals surface area contributed by atoms with Gasteiger partial charge in [-0.1, -0.05) is 0 Å². The monoisotopic (exact) mass is 155 g/mol. The van der Waals surface area contributed by atoms with E-state index >= 15 is 0 Å². The Morgan fingerprint density at radius 1 is 1.64 bits per heavy atom. The quantitative estimate of drug-likeness (QED) is 0.366. The van der Waals surface area contributed by atoms with Gasteiger partial charge in [-0.3, -0.25) is 10.1 Å². The van der Waals surface area contributed by atoms with Crippen LogP contribution in [0.4, 0.5) is 5.88 Å². The number of hydrogen-bond acceptors (Lipinski definition) is 4. The Morgan fingerprint density at radius 3 is 2.82 bits per heavy atom. The molecule has 0 radical (unpaired) electrons. The molecule has 1 aromatic rings. The van der Waals surface area contributed by atoms with Crippen molar-refractivity contribution in [2.75, 3.05) is 6.61 Å². The Balaban J connectivity index is 2.25. The highest BCUT2D eigenvalue weighted by Crippen LogP contribution is 2.32. The molecule has 58 valence electrons. The lowest BCUT2D eigenvalue weighted by molar-refractivity contribution is -0.402. The molecule has 5 nitrogen and oxygen atoms in total. The van der Waals surface area contributed by atoms with Gasteiger partial charge in [-0.15, -0.1) is 0 Å². The van der Waals surface area contributed by atoms with E-state index in [-0.39, 0.29) is 12.0 Å². The highest BCUT2D eigenvalue weighted by Gasteiger charge is 2.29. The summed E-state index contributed by atoms with van der Waals surface area (Å²) >= 11 is 0. The third kappa shape index (κ3) is 1.10. The summed E-state index contributed by atoms with van der Waals surface area (Å²) in [5.74, 6) is 0.312. The Morgan fingerprint density at radius 2 is 2.36 bits per heavy atom. The van der Waals surface area contributed by atoms with E-state index in [2.05, 4.69) is 0 Å². The van der Waals surface area contributed by atoms with Crippen LogP contribution in [0.15, 0.2) is 16.5 Å². The second-order valence-electron chi connectivity index (χ2n) is 2.26. The number of hydrogen-bond donors (Lipinski definition) is 0. The highest BCUT2D eigenvalue weighted by atomic mass is 16.7.